The van der Waals surface area contributed by atoms with Crippen LogP contribution in [0.5, 0.6) is 17.2 Å². The number of aliphatic hydroxyl groups excluding tert-OH is 1. The summed E-state index contributed by atoms with van der Waals surface area (Å²) in [6, 6.07) is 10.8. The van der Waals surface area contributed by atoms with Gasteiger partial charge in [0.25, 0.3) is 0 Å². The molecule has 0 fully saturated rings. The first kappa shape index (κ1) is 18.8. The number of nitrogens with one attached hydrogen (secondary N) is 1. The molecular formula is C22H20N2O5. The molecule has 3 aromatic rings. The van der Waals surface area contributed by atoms with E-state index >= 15 is 0 Å². The van der Waals surface area contributed by atoms with Gasteiger partial charge in [0.15, 0.2) is 17.3 Å². The number of nitrogens with zero attached hydrogens (tertiary/aromatic N) is 1. The Hall–Kier alpha value is -3.58. The van der Waals surface area contributed by atoms with Crippen molar-refractivity contribution in [1.29, 1.82) is 0 Å². The third-order valence-corrected chi connectivity index (χ3v) is 4.69. The van der Waals surface area contributed by atoms with E-state index in [9.17, 15) is 9.90 Å². The van der Waals surface area contributed by atoms with E-state index in [1.54, 1.807) is 25.3 Å². The zero-order valence-corrected chi connectivity index (χ0v) is 16.1. The molecule has 0 amide bonds. The van der Waals surface area contributed by atoms with Crippen LogP contribution < -0.4 is 14.2 Å². The third kappa shape index (κ3) is 3.72. The molecule has 29 heavy (non-hydrogen) atoms. The standard InChI is InChI=1S/C22H20N2O5/c1-13-7-15(8-16(11-25)22(13)27-2)19(26)5-4-17-10-18(24-23-17)14-3-6-20-21(9-14)29-12-28-20/h3-10,25H,11-12H2,1-2H3,(H,23,24)/b5-4+. The van der Waals surface area contributed by atoms with E-state index in [0.717, 1.165) is 16.8 Å². The van der Waals surface area contributed by atoms with Gasteiger partial charge in [-0.15, -0.1) is 0 Å². The summed E-state index contributed by atoms with van der Waals surface area (Å²) in [7, 11) is 1.54. The maximum Gasteiger partial charge on any atom is 0.231 e. The Bertz CT molecular complexity index is 1100. The zero-order chi connectivity index (χ0) is 20.4. The van der Waals surface area contributed by atoms with Crippen molar-refractivity contribution in [1.82, 2.24) is 10.2 Å². The lowest BCUT2D eigenvalue weighted by molar-refractivity contribution is 0.104. The van der Waals surface area contributed by atoms with Gasteiger partial charge in [0.1, 0.15) is 5.75 Å². The lowest BCUT2D eigenvalue weighted by atomic mass is 10.0. The van der Waals surface area contributed by atoms with Crippen molar-refractivity contribution in [2.75, 3.05) is 13.9 Å². The predicted molar refractivity (Wildman–Crippen MR) is 107 cm³/mol. The van der Waals surface area contributed by atoms with Gasteiger partial charge in [0, 0.05) is 16.7 Å². The lowest BCUT2D eigenvalue weighted by Gasteiger charge is -2.11. The first-order chi connectivity index (χ1) is 14.1. The van der Waals surface area contributed by atoms with Crippen LogP contribution in [-0.2, 0) is 6.61 Å². The van der Waals surface area contributed by atoms with Crippen LogP contribution in [0.4, 0.5) is 0 Å². The largest absolute Gasteiger partial charge is 0.496 e. The number of aryl methyl sites for hydroxylation is 1. The number of allylic oxidation sites excluding steroid dienone is 1. The number of benzene rings is 2. The number of rotatable bonds is 6. The van der Waals surface area contributed by atoms with E-state index in [1.807, 2.05) is 31.2 Å². The minimum atomic E-state index is -0.200. The van der Waals surface area contributed by atoms with Crippen LogP contribution in [0.15, 0.2) is 42.5 Å². The summed E-state index contributed by atoms with van der Waals surface area (Å²) in [5, 5.41) is 16.7. The number of aromatic nitrogens is 2. The number of fused-ring (bicyclic) bond motifs is 1. The van der Waals surface area contributed by atoms with E-state index in [0.29, 0.717) is 34.1 Å². The molecule has 0 bridgehead atoms. The van der Waals surface area contributed by atoms with Crippen molar-refractivity contribution < 1.29 is 24.1 Å². The number of carbonyl (C=O) groups excluding carboxylic acids is 1. The van der Waals surface area contributed by atoms with Crippen molar-refractivity contribution in [3.8, 4) is 28.5 Å². The van der Waals surface area contributed by atoms with Crippen molar-refractivity contribution in [2.24, 2.45) is 0 Å². The highest BCUT2D eigenvalue weighted by molar-refractivity contribution is 6.07. The molecule has 148 valence electrons. The average molecular weight is 392 g/mol. The number of carbonyl (C=O) groups is 1. The molecule has 7 nitrogen and oxygen atoms in total. The van der Waals surface area contributed by atoms with E-state index < -0.39 is 0 Å². The number of ether oxygens (including phenoxy) is 3. The molecule has 2 N–H and O–H groups in total. The summed E-state index contributed by atoms with van der Waals surface area (Å²) in [4.78, 5) is 12.6. The van der Waals surface area contributed by atoms with Crippen LogP contribution in [0.3, 0.4) is 0 Å². The first-order valence-electron chi connectivity index (χ1n) is 9.05. The molecular weight excluding hydrogens is 372 g/mol. The zero-order valence-electron chi connectivity index (χ0n) is 16.1. The smallest absolute Gasteiger partial charge is 0.231 e. The molecule has 0 atom stereocenters. The highest BCUT2D eigenvalue weighted by Crippen LogP contribution is 2.35. The monoisotopic (exact) mass is 392 g/mol. The van der Waals surface area contributed by atoms with Gasteiger partial charge in [-0.2, -0.15) is 5.10 Å². The Balaban J connectivity index is 1.53. The molecule has 1 aliphatic heterocycles. The van der Waals surface area contributed by atoms with Crippen molar-refractivity contribution >= 4 is 11.9 Å². The second-order valence-electron chi connectivity index (χ2n) is 6.62. The summed E-state index contributed by atoms with van der Waals surface area (Å²) in [5.41, 5.74) is 4.17. The maximum atomic E-state index is 12.6. The Morgan fingerprint density at radius 3 is 2.86 bits per heavy atom. The summed E-state index contributed by atoms with van der Waals surface area (Å²) in [6.07, 6.45) is 3.14. The fraction of sp³-hybridized carbons (Fsp3) is 0.182. The molecule has 0 unspecified atom stereocenters. The number of hydrogen-bond donors (Lipinski definition) is 2. The summed E-state index contributed by atoms with van der Waals surface area (Å²) in [6.45, 7) is 1.86. The topological polar surface area (TPSA) is 93.7 Å². The predicted octanol–water partition coefficient (Wildman–Crippen LogP) is 3.51. The van der Waals surface area contributed by atoms with E-state index in [4.69, 9.17) is 14.2 Å². The summed E-state index contributed by atoms with van der Waals surface area (Å²) < 4.78 is 16.0. The second-order valence-corrected chi connectivity index (χ2v) is 6.62. The van der Waals surface area contributed by atoms with Crippen LogP contribution in [0, 0.1) is 6.92 Å². The number of aromatic amines is 1. The number of aliphatic hydroxyl groups is 1. The number of hydrogen-bond acceptors (Lipinski definition) is 6. The van der Waals surface area contributed by atoms with Gasteiger partial charge >= 0.3 is 0 Å². The molecule has 1 aliphatic rings. The Kier molecular flexibility index (Phi) is 5.05. The minimum Gasteiger partial charge on any atom is -0.496 e. The fourth-order valence-electron chi connectivity index (χ4n) is 3.29. The Morgan fingerprint density at radius 2 is 2.07 bits per heavy atom. The molecule has 7 heteroatoms. The highest BCUT2D eigenvalue weighted by Gasteiger charge is 2.15. The van der Waals surface area contributed by atoms with Gasteiger partial charge in [-0.05, 0) is 61.0 Å². The minimum absolute atomic E-state index is 0.176. The molecule has 4 rings (SSSR count). The van der Waals surface area contributed by atoms with Crippen LogP contribution in [0.1, 0.15) is 27.2 Å². The quantitative estimate of drug-likeness (QED) is 0.493. The van der Waals surface area contributed by atoms with Gasteiger partial charge < -0.3 is 19.3 Å². The lowest BCUT2D eigenvalue weighted by Crippen LogP contribution is -2.01. The van der Waals surface area contributed by atoms with E-state index in [-0.39, 0.29) is 19.2 Å². The normalized spacial score (nSPS) is 12.5. The van der Waals surface area contributed by atoms with Crippen molar-refractivity contribution in [3.05, 3.63) is 64.9 Å². The molecule has 0 saturated heterocycles. The highest BCUT2D eigenvalue weighted by atomic mass is 16.7. The van der Waals surface area contributed by atoms with E-state index in [2.05, 4.69) is 10.2 Å². The van der Waals surface area contributed by atoms with Gasteiger partial charge in [-0.25, -0.2) is 0 Å². The van der Waals surface area contributed by atoms with Crippen molar-refractivity contribution in [3.63, 3.8) is 0 Å². The molecule has 2 aromatic carbocycles. The van der Waals surface area contributed by atoms with Crippen LogP contribution in [-0.4, -0.2) is 35.0 Å². The molecule has 0 radical (unpaired) electrons. The van der Waals surface area contributed by atoms with Gasteiger partial charge in [-0.3, -0.25) is 9.89 Å². The van der Waals surface area contributed by atoms with Crippen LogP contribution in [0.25, 0.3) is 17.3 Å². The summed E-state index contributed by atoms with van der Waals surface area (Å²) in [5.74, 6) is 1.82. The van der Waals surface area contributed by atoms with Gasteiger partial charge in [-0.1, -0.05) is 0 Å². The number of H-pyrrole nitrogens is 1. The number of methoxy groups -OCH3 is 1. The molecule has 0 saturated carbocycles. The number of ketones is 1. The second kappa shape index (κ2) is 7.81. The van der Waals surface area contributed by atoms with Gasteiger partial charge in [0.2, 0.25) is 6.79 Å². The summed E-state index contributed by atoms with van der Waals surface area (Å²) >= 11 is 0. The Labute approximate surface area is 167 Å². The fourth-order valence-corrected chi connectivity index (χ4v) is 3.29. The van der Waals surface area contributed by atoms with E-state index in [1.165, 1.54) is 6.08 Å². The van der Waals surface area contributed by atoms with Crippen LogP contribution in [0.2, 0.25) is 0 Å². The Morgan fingerprint density at radius 1 is 1.24 bits per heavy atom. The van der Waals surface area contributed by atoms with Crippen LogP contribution >= 0.6 is 0 Å². The van der Waals surface area contributed by atoms with Crippen molar-refractivity contribution in [2.45, 2.75) is 13.5 Å². The molecule has 2 heterocycles. The van der Waals surface area contributed by atoms with Gasteiger partial charge in [0.05, 0.1) is 25.1 Å². The first-order valence-corrected chi connectivity index (χ1v) is 9.05. The molecule has 0 spiro atoms. The molecule has 0 aliphatic carbocycles. The molecule has 1 aromatic heterocycles. The average Bonchev–Trinajstić information content (AvgIpc) is 3.40. The maximum absolute atomic E-state index is 12.6. The SMILES string of the molecule is COc1c(C)cc(C(=O)/C=C/c2cc(-c3ccc4c(c3)OCO4)n[nH]2)cc1CO. The third-order valence-electron chi connectivity index (χ3n) is 4.69.